The van der Waals surface area contributed by atoms with Crippen molar-refractivity contribution >= 4 is 18.5 Å². The molecule has 2 fully saturated rings. The number of carbonyl (C=O) groups excluding carboxylic acids is 1. The molecule has 8 heteroatoms. The summed E-state index contributed by atoms with van der Waals surface area (Å²) >= 11 is 0. The highest BCUT2D eigenvalue weighted by molar-refractivity contribution is 6.62. The third-order valence-corrected chi connectivity index (χ3v) is 6.41. The van der Waals surface area contributed by atoms with Crippen LogP contribution in [0.15, 0.2) is 24.3 Å². The average molecular weight is 411 g/mol. The molecule has 1 aromatic carbocycles. The number of aryl methyl sites for hydroxylation is 1. The molecule has 4 nitrogen and oxygen atoms in total. The van der Waals surface area contributed by atoms with Crippen LogP contribution in [0, 0.1) is 5.92 Å². The van der Waals surface area contributed by atoms with Crippen molar-refractivity contribution in [3.05, 3.63) is 29.8 Å². The number of halogens is 3. The van der Waals surface area contributed by atoms with Crippen molar-refractivity contribution in [2.45, 2.75) is 70.8 Å². The van der Waals surface area contributed by atoms with Gasteiger partial charge in [0.05, 0.1) is 17.1 Å². The van der Waals surface area contributed by atoms with Gasteiger partial charge in [0.15, 0.2) is 0 Å². The third kappa shape index (κ3) is 4.80. The molecule has 0 bridgehead atoms. The zero-order chi connectivity index (χ0) is 21.4. The molecule has 0 aromatic heterocycles. The van der Waals surface area contributed by atoms with Crippen molar-refractivity contribution in [1.29, 1.82) is 0 Å². The molecule has 0 saturated carbocycles. The second-order valence-corrected chi connectivity index (χ2v) is 9.01. The standard InChI is InChI=1S/C21H29BF3NO3/c1-19(2)20(3,4)29-22(28-19)17-10-6-5-8-15(17)11-12-18(27)26-13-7-9-16(14-26)21(23,24)25/h5-6,8,10,16H,7,9,11-14H2,1-4H3. The van der Waals surface area contributed by atoms with Gasteiger partial charge in [0, 0.05) is 19.5 Å². The number of amides is 1. The predicted octanol–water partition coefficient (Wildman–Crippen LogP) is 3.72. The topological polar surface area (TPSA) is 38.8 Å². The van der Waals surface area contributed by atoms with Gasteiger partial charge in [-0.1, -0.05) is 24.3 Å². The Morgan fingerprint density at radius 2 is 1.79 bits per heavy atom. The second kappa shape index (κ2) is 7.95. The maximum Gasteiger partial charge on any atom is 0.495 e. The van der Waals surface area contributed by atoms with Crippen molar-refractivity contribution in [2.75, 3.05) is 13.1 Å². The van der Waals surface area contributed by atoms with E-state index in [0.717, 1.165) is 11.0 Å². The second-order valence-electron chi connectivity index (χ2n) is 9.01. The molecule has 2 aliphatic heterocycles. The van der Waals surface area contributed by atoms with E-state index in [0.29, 0.717) is 19.4 Å². The molecule has 1 amide bonds. The average Bonchev–Trinajstić information content (AvgIpc) is 2.86. The van der Waals surface area contributed by atoms with Crippen molar-refractivity contribution in [1.82, 2.24) is 4.90 Å². The van der Waals surface area contributed by atoms with Crippen LogP contribution < -0.4 is 5.46 Å². The molecular formula is C21H29BF3NO3. The van der Waals surface area contributed by atoms with Crippen LogP contribution >= 0.6 is 0 Å². The third-order valence-electron chi connectivity index (χ3n) is 6.41. The highest BCUT2D eigenvalue weighted by Gasteiger charge is 2.52. The Kier molecular flexibility index (Phi) is 6.07. The number of alkyl halides is 3. The van der Waals surface area contributed by atoms with Crippen LogP contribution in [-0.2, 0) is 20.5 Å². The van der Waals surface area contributed by atoms with Gasteiger partial charge >= 0.3 is 13.3 Å². The van der Waals surface area contributed by atoms with Crippen LogP contribution in [-0.4, -0.2) is 48.4 Å². The lowest BCUT2D eigenvalue weighted by atomic mass is 9.75. The molecule has 0 N–H and O–H groups in total. The van der Waals surface area contributed by atoms with E-state index in [2.05, 4.69) is 0 Å². The fourth-order valence-electron chi connectivity index (χ4n) is 3.83. The van der Waals surface area contributed by atoms with Crippen LogP contribution in [0.4, 0.5) is 13.2 Å². The number of likely N-dealkylation sites (tertiary alicyclic amines) is 1. The number of rotatable bonds is 4. The van der Waals surface area contributed by atoms with Gasteiger partial charge in [-0.2, -0.15) is 13.2 Å². The number of benzene rings is 1. The van der Waals surface area contributed by atoms with Crippen molar-refractivity contribution < 1.29 is 27.3 Å². The van der Waals surface area contributed by atoms with Gasteiger partial charge in [0.1, 0.15) is 0 Å². The molecule has 2 saturated heterocycles. The van der Waals surface area contributed by atoms with Gasteiger partial charge in [-0.05, 0) is 58.0 Å². The molecule has 160 valence electrons. The van der Waals surface area contributed by atoms with Gasteiger partial charge in [0.2, 0.25) is 5.91 Å². The molecule has 0 aliphatic carbocycles. The number of piperidine rings is 1. The van der Waals surface area contributed by atoms with Crippen LogP contribution in [0.1, 0.15) is 52.5 Å². The summed E-state index contributed by atoms with van der Waals surface area (Å²) < 4.78 is 51.3. The molecule has 29 heavy (non-hydrogen) atoms. The summed E-state index contributed by atoms with van der Waals surface area (Å²) in [6.07, 6.45) is -3.16. The molecule has 2 aliphatic rings. The maximum absolute atomic E-state index is 13.0. The van der Waals surface area contributed by atoms with Crippen LogP contribution in [0.5, 0.6) is 0 Å². The van der Waals surface area contributed by atoms with Gasteiger partial charge < -0.3 is 14.2 Å². The van der Waals surface area contributed by atoms with Crippen molar-refractivity contribution in [3.8, 4) is 0 Å². The highest BCUT2D eigenvalue weighted by atomic mass is 19.4. The zero-order valence-corrected chi connectivity index (χ0v) is 17.5. The van der Waals surface area contributed by atoms with E-state index in [1.54, 1.807) is 0 Å². The molecular weight excluding hydrogens is 382 g/mol. The van der Waals surface area contributed by atoms with Gasteiger partial charge in [-0.3, -0.25) is 4.79 Å². The predicted molar refractivity (Wildman–Crippen MR) is 106 cm³/mol. The first-order valence-electron chi connectivity index (χ1n) is 10.2. The first-order valence-corrected chi connectivity index (χ1v) is 10.2. The maximum atomic E-state index is 13.0. The van der Waals surface area contributed by atoms with Crippen LogP contribution in [0.2, 0.25) is 0 Å². The van der Waals surface area contributed by atoms with Gasteiger partial charge in [-0.25, -0.2) is 0 Å². The molecule has 0 spiro atoms. The lowest BCUT2D eigenvalue weighted by molar-refractivity contribution is -0.188. The summed E-state index contributed by atoms with van der Waals surface area (Å²) in [6.45, 7) is 8.07. The summed E-state index contributed by atoms with van der Waals surface area (Å²) in [5.41, 5.74) is 0.844. The minimum atomic E-state index is -4.25. The Labute approximate surface area is 170 Å². The molecule has 1 aromatic rings. The van der Waals surface area contributed by atoms with Crippen molar-refractivity contribution in [3.63, 3.8) is 0 Å². The molecule has 3 rings (SSSR count). The lowest BCUT2D eigenvalue weighted by Crippen LogP contribution is -2.44. The van der Waals surface area contributed by atoms with E-state index in [-0.39, 0.29) is 25.3 Å². The van der Waals surface area contributed by atoms with Gasteiger partial charge in [0.25, 0.3) is 0 Å². The monoisotopic (exact) mass is 411 g/mol. The molecule has 0 radical (unpaired) electrons. The fraction of sp³-hybridized carbons (Fsp3) is 0.667. The lowest BCUT2D eigenvalue weighted by Gasteiger charge is -2.33. The van der Waals surface area contributed by atoms with E-state index in [4.69, 9.17) is 9.31 Å². The van der Waals surface area contributed by atoms with Crippen molar-refractivity contribution in [2.24, 2.45) is 5.92 Å². The SMILES string of the molecule is CC1(C)OB(c2ccccc2CCC(=O)N2CCCC(C(F)(F)F)C2)OC1(C)C. The largest absolute Gasteiger partial charge is 0.495 e. The number of carbonyl (C=O) groups is 1. The summed E-state index contributed by atoms with van der Waals surface area (Å²) in [5.74, 6) is -1.65. The molecule has 1 unspecified atom stereocenters. The van der Waals surface area contributed by atoms with E-state index in [9.17, 15) is 18.0 Å². The quantitative estimate of drug-likeness (QED) is 0.710. The van der Waals surface area contributed by atoms with E-state index in [1.165, 1.54) is 4.90 Å². The first kappa shape index (κ1) is 22.2. The smallest absolute Gasteiger partial charge is 0.399 e. The molecule has 2 heterocycles. The zero-order valence-electron chi connectivity index (χ0n) is 17.5. The Morgan fingerprint density at radius 3 is 2.41 bits per heavy atom. The number of nitrogens with zero attached hydrogens (tertiary/aromatic N) is 1. The van der Waals surface area contributed by atoms with Crippen LogP contribution in [0.3, 0.4) is 0 Å². The minimum absolute atomic E-state index is 0.0953. The number of hydrogen-bond acceptors (Lipinski definition) is 3. The van der Waals surface area contributed by atoms with Crippen LogP contribution in [0.25, 0.3) is 0 Å². The summed E-state index contributed by atoms with van der Waals surface area (Å²) in [7, 11) is -0.532. The van der Waals surface area contributed by atoms with Gasteiger partial charge in [-0.15, -0.1) is 0 Å². The minimum Gasteiger partial charge on any atom is -0.399 e. The summed E-state index contributed by atoms with van der Waals surface area (Å²) in [4.78, 5) is 13.9. The van der Waals surface area contributed by atoms with E-state index >= 15 is 0 Å². The molecule has 1 atom stereocenters. The highest BCUT2D eigenvalue weighted by Crippen LogP contribution is 2.37. The number of hydrogen-bond donors (Lipinski definition) is 0. The van der Waals surface area contributed by atoms with E-state index < -0.39 is 30.4 Å². The Balaban J connectivity index is 1.66. The Morgan fingerprint density at radius 1 is 1.17 bits per heavy atom. The normalized spacial score (nSPS) is 24.0. The Bertz CT molecular complexity index is 735. The summed E-state index contributed by atoms with van der Waals surface area (Å²) in [5, 5.41) is 0. The fourth-order valence-corrected chi connectivity index (χ4v) is 3.83. The first-order chi connectivity index (χ1) is 13.4. The Hall–Kier alpha value is -1.54. The summed E-state index contributed by atoms with van der Waals surface area (Å²) in [6, 6.07) is 7.62. The van der Waals surface area contributed by atoms with E-state index in [1.807, 2.05) is 52.0 Å².